The van der Waals surface area contributed by atoms with E-state index in [1.54, 1.807) is 12.1 Å². The topological polar surface area (TPSA) is 54.0 Å². The van der Waals surface area contributed by atoms with E-state index in [9.17, 15) is 9.18 Å². The number of esters is 1. The lowest BCUT2D eigenvalue weighted by molar-refractivity contribution is -0.161. The third-order valence-electron chi connectivity index (χ3n) is 8.72. The van der Waals surface area contributed by atoms with E-state index in [1.807, 2.05) is 19.1 Å². The third-order valence-corrected chi connectivity index (χ3v) is 13.8. The van der Waals surface area contributed by atoms with Gasteiger partial charge in [-0.15, -0.1) is 0 Å². The molecule has 4 aromatic rings. The highest BCUT2D eigenvalue weighted by Crippen LogP contribution is 2.39. The van der Waals surface area contributed by atoms with Crippen LogP contribution in [0.5, 0.6) is 11.5 Å². The van der Waals surface area contributed by atoms with Crippen molar-refractivity contribution < 1.29 is 27.8 Å². The van der Waals surface area contributed by atoms with Gasteiger partial charge in [-0.05, 0) is 77.5 Å². The summed E-state index contributed by atoms with van der Waals surface area (Å²) < 4.78 is 38.7. The van der Waals surface area contributed by atoms with Gasteiger partial charge >= 0.3 is 5.97 Å². The number of halogens is 1. The molecule has 0 spiro atoms. The van der Waals surface area contributed by atoms with Crippen LogP contribution < -0.4 is 19.8 Å². The summed E-state index contributed by atoms with van der Waals surface area (Å²) >= 11 is 0. The molecular weight excluding hydrogens is 596 g/mol. The van der Waals surface area contributed by atoms with Gasteiger partial charge in [-0.25, -0.2) is 4.39 Å². The van der Waals surface area contributed by atoms with Crippen LogP contribution in [0.3, 0.4) is 0 Å². The monoisotopic (exact) mass is 640 g/mol. The number of benzene rings is 4. The first kappa shape index (κ1) is 33.4. The van der Waals surface area contributed by atoms with Crippen LogP contribution in [-0.2, 0) is 20.4 Å². The molecule has 0 aliphatic carbocycles. The van der Waals surface area contributed by atoms with E-state index in [4.69, 9.17) is 18.6 Å². The number of aryl methyl sites for hydroxylation is 3. The predicted octanol–water partition coefficient (Wildman–Crippen LogP) is 7.34. The molecule has 4 aromatic carbocycles. The summed E-state index contributed by atoms with van der Waals surface area (Å²) in [4.78, 5) is 13.4. The smallest absolute Gasteiger partial charge is 0.315 e. The standard InChI is InChI=1S/C39H45FO5Si/c1-28-25-29(2)37(30(26-28)13-12-23-42-32-20-18-31(40)19-21-32)44-27-35-36(22-24-43-38(35)41)45-46(39(3,4)5,33-14-8-6-9-15-33)34-16-10-7-11-17-34/h6-11,14-21,25-26,35-36H,12-13,22-24,27H2,1-5H3/t35-,36+/m0/s1. The van der Waals surface area contributed by atoms with Crippen molar-refractivity contribution in [3.8, 4) is 11.5 Å². The van der Waals surface area contributed by atoms with E-state index in [2.05, 4.69) is 88.4 Å². The van der Waals surface area contributed by atoms with Gasteiger partial charge in [-0.1, -0.05) is 99.1 Å². The Hall–Kier alpha value is -3.94. The maximum atomic E-state index is 13.4. The summed E-state index contributed by atoms with van der Waals surface area (Å²) in [6.45, 7) is 11.8. The molecule has 0 bridgehead atoms. The lowest BCUT2D eigenvalue weighted by Crippen LogP contribution is -2.68. The van der Waals surface area contributed by atoms with Crippen LogP contribution in [0.2, 0.25) is 5.04 Å². The molecule has 1 aliphatic heterocycles. The molecule has 1 saturated heterocycles. The highest BCUT2D eigenvalue weighted by Gasteiger charge is 2.53. The fourth-order valence-electron chi connectivity index (χ4n) is 6.56. The summed E-state index contributed by atoms with van der Waals surface area (Å²) in [5.41, 5.74) is 3.22. The molecule has 5 nitrogen and oxygen atoms in total. The van der Waals surface area contributed by atoms with Crippen LogP contribution in [-0.4, -0.2) is 40.2 Å². The number of carbonyl (C=O) groups excluding carboxylic acids is 1. The molecule has 0 aromatic heterocycles. The van der Waals surface area contributed by atoms with Crippen LogP contribution >= 0.6 is 0 Å². The van der Waals surface area contributed by atoms with E-state index < -0.39 is 14.2 Å². The number of cyclic esters (lactones) is 1. The maximum Gasteiger partial charge on any atom is 0.315 e. The molecule has 7 heteroatoms. The first-order valence-electron chi connectivity index (χ1n) is 16.2. The van der Waals surface area contributed by atoms with E-state index in [0.717, 1.165) is 35.3 Å². The first-order valence-corrected chi connectivity index (χ1v) is 18.1. The van der Waals surface area contributed by atoms with Gasteiger partial charge in [0.2, 0.25) is 0 Å². The molecule has 0 saturated carbocycles. The zero-order chi connectivity index (χ0) is 32.7. The Morgan fingerprint density at radius 2 is 1.50 bits per heavy atom. The van der Waals surface area contributed by atoms with Gasteiger partial charge in [0, 0.05) is 6.42 Å². The average Bonchev–Trinajstić information content (AvgIpc) is 3.03. The molecule has 5 rings (SSSR count). The van der Waals surface area contributed by atoms with Crippen LogP contribution in [0.25, 0.3) is 0 Å². The van der Waals surface area contributed by atoms with Gasteiger partial charge in [-0.2, -0.15) is 0 Å². The van der Waals surface area contributed by atoms with Crippen molar-refractivity contribution >= 4 is 24.7 Å². The lowest BCUT2D eigenvalue weighted by Gasteiger charge is -2.47. The summed E-state index contributed by atoms with van der Waals surface area (Å²) in [6.07, 6.45) is 1.72. The van der Waals surface area contributed by atoms with Gasteiger partial charge in [-0.3, -0.25) is 4.79 Å². The zero-order valence-electron chi connectivity index (χ0n) is 27.6. The molecule has 1 aliphatic rings. The van der Waals surface area contributed by atoms with Gasteiger partial charge < -0.3 is 18.6 Å². The summed E-state index contributed by atoms with van der Waals surface area (Å²) in [5, 5.41) is 2.12. The van der Waals surface area contributed by atoms with Crippen molar-refractivity contribution in [2.24, 2.45) is 5.92 Å². The molecule has 0 N–H and O–H groups in total. The van der Waals surface area contributed by atoms with Crippen molar-refractivity contribution in [3.63, 3.8) is 0 Å². The van der Waals surface area contributed by atoms with E-state index in [1.165, 1.54) is 22.5 Å². The highest BCUT2D eigenvalue weighted by molar-refractivity contribution is 6.99. The largest absolute Gasteiger partial charge is 0.494 e. The molecule has 1 heterocycles. The number of hydrogen-bond donors (Lipinski definition) is 0. The molecule has 0 radical (unpaired) electrons. The number of carbonyl (C=O) groups is 1. The van der Waals surface area contributed by atoms with Crippen molar-refractivity contribution in [1.29, 1.82) is 0 Å². The molecule has 1 fully saturated rings. The Morgan fingerprint density at radius 3 is 2.11 bits per heavy atom. The number of ether oxygens (including phenoxy) is 3. The molecule has 2 atom stereocenters. The minimum atomic E-state index is -2.90. The Bertz CT molecular complexity index is 1550. The van der Waals surface area contributed by atoms with Crippen molar-refractivity contribution in [3.05, 3.63) is 120 Å². The molecule has 242 valence electrons. The Kier molecular flexibility index (Phi) is 10.6. The fourth-order valence-corrected chi connectivity index (χ4v) is 11.3. The van der Waals surface area contributed by atoms with Gasteiger partial charge in [0.1, 0.15) is 29.8 Å². The molecular formula is C39H45FO5Si. The van der Waals surface area contributed by atoms with E-state index >= 15 is 0 Å². The summed E-state index contributed by atoms with van der Waals surface area (Å²) in [7, 11) is -2.90. The predicted molar refractivity (Wildman–Crippen MR) is 183 cm³/mol. The Balaban J connectivity index is 1.38. The van der Waals surface area contributed by atoms with Gasteiger partial charge in [0.15, 0.2) is 0 Å². The van der Waals surface area contributed by atoms with Crippen LogP contribution in [0.15, 0.2) is 97.1 Å². The second-order valence-corrected chi connectivity index (χ2v) is 17.4. The van der Waals surface area contributed by atoms with Crippen LogP contribution in [0, 0.1) is 25.6 Å². The second-order valence-electron chi connectivity index (χ2n) is 13.2. The van der Waals surface area contributed by atoms with Gasteiger partial charge in [0.05, 0.1) is 19.3 Å². The zero-order valence-corrected chi connectivity index (χ0v) is 28.6. The van der Waals surface area contributed by atoms with Crippen molar-refractivity contribution in [1.82, 2.24) is 0 Å². The van der Waals surface area contributed by atoms with E-state index in [-0.39, 0.29) is 29.5 Å². The average molecular weight is 641 g/mol. The highest BCUT2D eigenvalue weighted by atomic mass is 28.4. The second kappa shape index (κ2) is 14.7. The van der Waals surface area contributed by atoms with Crippen LogP contribution in [0.4, 0.5) is 4.39 Å². The third kappa shape index (κ3) is 7.53. The SMILES string of the molecule is Cc1cc(C)c(OC[C@@H]2C(=O)OCC[C@H]2O[Si](c2ccccc2)(c2ccccc2)C(C)(C)C)c(CCCOc2ccc(F)cc2)c1. The molecule has 0 amide bonds. The summed E-state index contributed by atoms with van der Waals surface area (Å²) in [6, 6.07) is 31.3. The lowest BCUT2D eigenvalue weighted by atomic mass is 9.98. The van der Waals surface area contributed by atoms with E-state index in [0.29, 0.717) is 25.4 Å². The molecule has 0 unspecified atom stereocenters. The Labute approximate surface area is 273 Å². The van der Waals surface area contributed by atoms with Crippen LogP contribution in [0.1, 0.15) is 50.3 Å². The van der Waals surface area contributed by atoms with Crippen molar-refractivity contribution in [2.75, 3.05) is 19.8 Å². The quantitative estimate of drug-likeness (QED) is 0.0922. The Morgan fingerprint density at radius 1 is 0.870 bits per heavy atom. The molecule has 46 heavy (non-hydrogen) atoms. The fraction of sp³-hybridized carbons (Fsp3) is 0.359. The normalized spacial score (nSPS) is 17.0. The number of hydrogen-bond acceptors (Lipinski definition) is 5. The minimum Gasteiger partial charge on any atom is -0.494 e. The van der Waals surface area contributed by atoms with Crippen molar-refractivity contribution in [2.45, 2.75) is 65.0 Å². The maximum absolute atomic E-state index is 13.4. The number of rotatable bonds is 12. The minimum absolute atomic E-state index is 0.157. The van der Waals surface area contributed by atoms with Gasteiger partial charge in [0.25, 0.3) is 8.32 Å². The first-order chi connectivity index (χ1) is 22.1. The summed E-state index contributed by atoms with van der Waals surface area (Å²) in [5.74, 6) is 0.278.